The second-order valence-electron chi connectivity index (χ2n) is 3.96. The maximum absolute atomic E-state index is 5.71. The number of anilines is 1. The van der Waals surface area contributed by atoms with E-state index in [1.165, 1.54) is 16.0 Å². The molecule has 0 aromatic heterocycles. The van der Waals surface area contributed by atoms with Gasteiger partial charge in [-0.2, -0.15) is 0 Å². The van der Waals surface area contributed by atoms with Gasteiger partial charge in [0.2, 0.25) is 0 Å². The van der Waals surface area contributed by atoms with E-state index in [1.54, 1.807) is 0 Å². The van der Waals surface area contributed by atoms with Gasteiger partial charge in [0.05, 0.1) is 0 Å². The smallest absolute Gasteiger partial charge is 0.0331 e. The van der Waals surface area contributed by atoms with E-state index in [0.29, 0.717) is 0 Å². The Labute approximate surface area is 115 Å². The molecule has 2 N–H and O–H groups in total. The fourth-order valence-corrected chi connectivity index (χ4v) is 3.10. The number of rotatable bonds is 3. The molecule has 2 aromatic rings. The summed E-state index contributed by atoms with van der Waals surface area (Å²) in [6, 6.07) is 14.6. The molecule has 88 valence electrons. The first-order chi connectivity index (χ1) is 8.15. The molecular weight excluding hydrogens is 294 g/mol. The molecule has 17 heavy (non-hydrogen) atoms. The number of nitrogen functional groups attached to an aromatic ring is 1. The highest BCUT2D eigenvalue weighted by molar-refractivity contribution is 9.10. The van der Waals surface area contributed by atoms with Gasteiger partial charge in [-0.05, 0) is 46.6 Å². The summed E-state index contributed by atoms with van der Waals surface area (Å²) >= 11 is 5.34. The number of hydrogen-bond donors (Lipinski definition) is 1. The van der Waals surface area contributed by atoms with Crippen LogP contribution in [0.5, 0.6) is 0 Å². The van der Waals surface area contributed by atoms with E-state index in [9.17, 15) is 0 Å². The Morgan fingerprint density at radius 2 is 1.82 bits per heavy atom. The first kappa shape index (κ1) is 12.5. The highest BCUT2D eigenvalue weighted by Crippen LogP contribution is 2.31. The predicted molar refractivity (Wildman–Crippen MR) is 79.3 cm³/mol. The van der Waals surface area contributed by atoms with Crippen LogP contribution in [0.15, 0.2) is 51.8 Å². The van der Waals surface area contributed by atoms with Gasteiger partial charge >= 0.3 is 0 Å². The van der Waals surface area contributed by atoms with Gasteiger partial charge in [0.1, 0.15) is 0 Å². The van der Waals surface area contributed by atoms with E-state index in [-0.39, 0.29) is 0 Å². The van der Waals surface area contributed by atoms with Crippen molar-refractivity contribution in [3.05, 3.63) is 58.1 Å². The molecule has 2 rings (SSSR count). The van der Waals surface area contributed by atoms with E-state index >= 15 is 0 Å². The first-order valence-corrected chi connectivity index (χ1v) is 7.16. The molecule has 0 aliphatic heterocycles. The fraction of sp³-hybridized carbons (Fsp3) is 0.143. The van der Waals surface area contributed by atoms with Crippen LogP contribution in [-0.4, -0.2) is 0 Å². The first-order valence-electron chi connectivity index (χ1n) is 5.38. The average molecular weight is 308 g/mol. The monoisotopic (exact) mass is 307 g/mol. The Morgan fingerprint density at radius 1 is 1.12 bits per heavy atom. The van der Waals surface area contributed by atoms with Gasteiger partial charge in [-0.25, -0.2) is 0 Å². The molecule has 0 atom stereocenters. The van der Waals surface area contributed by atoms with E-state index in [2.05, 4.69) is 53.2 Å². The summed E-state index contributed by atoms with van der Waals surface area (Å²) in [7, 11) is 0. The molecule has 0 amide bonds. The number of benzene rings is 2. The van der Waals surface area contributed by atoms with Crippen LogP contribution in [0.1, 0.15) is 11.1 Å². The molecule has 1 nitrogen and oxygen atoms in total. The number of aryl methyl sites for hydroxylation is 1. The maximum atomic E-state index is 5.71. The minimum Gasteiger partial charge on any atom is -0.399 e. The molecule has 0 spiro atoms. The zero-order valence-corrected chi connectivity index (χ0v) is 12.0. The molecular formula is C14H14BrNS. The Morgan fingerprint density at radius 3 is 2.47 bits per heavy atom. The Hall–Kier alpha value is -0.930. The van der Waals surface area contributed by atoms with Crippen molar-refractivity contribution in [1.29, 1.82) is 0 Å². The SMILES string of the molecule is Cc1ccc(CSc2ccc(N)cc2Br)cc1. The molecule has 0 unspecified atom stereocenters. The van der Waals surface area contributed by atoms with Crippen LogP contribution in [0.3, 0.4) is 0 Å². The lowest BCUT2D eigenvalue weighted by Crippen LogP contribution is -1.86. The molecule has 0 aliphatic rings. The third-order valence-corrected chi connectivity index (χ3v) is 4.53. The normalized spacial score (nSPS) is 10.5. The summed E-state index contributed by atoms with van der Waals surface area (Å²) in [4.78, 5) is 1.22. The Kier molecular flexibility index (Phi) is 4.13. The van der Waals surface area contributed by atoms with Crippen molar-refractivity contribution >= 4 is 33.4 Å². The van der Waals surface area contributed by atoms with Crippen LogP contribution in [0, 0.1) is 6.92 Å². The van der Waals surface area contributed by atoms with Gasteiger partial charge in [-0.3, -0.25) is 0 Å². The van der Waals surface area contributed by atoms with Gasteiger partial charge in [-0.15, -0.1) is 11.8 Å². The van der Waals surface area contributed by atoms with Crippen LogP contribution < -0.4 is 5.73 Å². The van der Waals surface area contributed by atoms with Crippen LogP contribution >= 0.6 is 27.7 Å². The standard InChI is InChI=1S/C14H14BrNS/c1-10-2-4-11(5-3-10)9-17-14-7-6-12(16)8-13(14)15/h2-8H,9,16H2,1H3. The molecule has 0 bridgehead atoms. The highest BCUT2D eigenvalue weighted by Gasteiger charge is 2.01. The average Bonchev–Trinajstić information content (AvgIpc) is 2.30. The molecule has 0 saturated heterocycles. The lowest BCUT2D eigenvalue weighted by atomic mass is 10.2. The summed E-state index contributed by atoms with van der Waals surface area (Å²) in [5.74, 6) is 0.975. The summed E-state index contributed by atoms with van der Waals surface area (Å²) < 4.78 is 1.06. The molecule has 3 heteroatoms. The van der Waals surface area contributed by atoms with Crippen molar-refractivity contribution in [3.8, 4) is 0 Å². The van der Waals surface area contributed by atoms with E-state index < -0.39 is 0 Å². The van der Waals surface area contributed by atoms with Crippen molar-refractivity contribution in [1.82, 2.24) is 0 Å². The number of hydrogen-bond acceptors (Lipinski definition) is 2. The number of halogens is 1. The summed E-state index contributed by atoms with van der Waals surface area (Å²) in [6.45, 7) is 2.10. The van der Waals surface area contributed by atoms with Crippen molar-refractivity contribution in [2.45, 2.75) is 17.6 Å². The van der Waals surface area contributed by atoms with Crippen LogP contribution in [0.4, 0.5) is 5.69 Å². The minimum absolute atomic E-state index is 0.788. The second kappa shape index (κ2) is 5.61. The fourth-order valence-electron chi connectivity index (χ4n) is 1.48. The van der Waals surface area contributed by atoms with Crippen molar-refractivity contribution in [3.63, 3.8) is 0 Å². The highest BCUT2D eigenvalue weighted by atomic mass is 79.9. The second-order valence-corrected chi connectivity index (χ2v) is 5.84. The largest absolute Gasteiger partial charge is 0.399 e. The number of nitrogens with two attached hydrogens (primary N) is 1. The van der Waals surface area contributed by atoms with E-state index in [0.717, 1.165) is 15.9 Å². The molecule has 0 aliphatic carbocycles. The summed E-state index contributed by atoms with van der Waals surface area (Å²) in [6.07, 6.45) is 0. The third-order valence-electron chi connectivity index (χ3n) is 2.47. The molecule has 0 radical (unpaired) electrons. The minimum atomic E-state index is 0.788. The zero-order valence-electron chi connectivity index (χ0n) is 9.61. The van der Waals surface area contributed by atoms with Gasteiger partial charge < -0.3 is 5.73 Å². The molecule has 0 saturated carbocycles. The molecule has 2 aromatic carbocycles. The van der Waals surface area contributed by atoms with Crippen LogP contribution in [-0.2, 0) is 5.75 Å². The Balaban J connectivity index is 2.04. The van der Waals surface area contributed by atoms with Gasteiger partial charge in [-0.1, -0.05) is 29.8 Å². The predicted octanol–water partition coefficient (Wildman–Crippen LogP) is 4.63. The van der Waals surface area contributed by atoms with Crippen LogP contribution in [0.2, 0.25) is 0 Å². The van der Waals surface area contributed by atoms with Gasteiger partial charge in [0, 0.05) is 20.8 Å². The lowest BCUT2D eigenvalue weighted by Gasteiger charge is -2.05. The van der Waals surface area contributed by atoms with Crippen LogP contribution in [0.25, 0.3) is 0 Å². The maximum Gasteiger partial charge on any atom is 0.0331 e. The topological polar surface area (TPSA) is 26.0 Å². The molecule has 0 fully saturated rings. The van der Waals surface area contributed by atoms with E-state index in [1.807, 2.05) is 23.9 Å². The zero-order chi connectivity index (χ0) is 12.3. The van der Waals surface area contributed by atoms with Gasteiger partial charge in [0.25, 0.3) is 0 Å². The third kappa shape index (κ3) is 3.51. The van der Waals surface area contributed by atoms with Crippen molar-refractivity contribution in [2.75, 3.05) is 5.73 Å². The number of thioether (sulfide) groups is 1. The van der Waals surface area contributed by atoms with Crippen molar-refractivity contribution in [2.24, 2.45) is 0 Å². The quantitative estimate of drug-likeness (QED) is 0.661. The lowest BCUT2D eigenvalue weighted by molar-refractivity contribution is 1.34. The Bertz CT molecular complexity index is 508. The van der Waals surface area contributed by atoms with Crippen molar-refractivity contribution < 1.29 is 0 Å². The van der Waals surface area contributed by atoms with E-state index in [4.69, 9.17) is 5.73 Å². The molecule has 0 heterocycles. The summed E-state index contributed by atoms with van der Waals surface area (Å²) in [5.41, 5.74) is 9.14. The summed E-state index contributed by atoms with van der Waals surface area (Å²) in [5, 5.41) is 0. The van der Waals surface area contributed by atoms with Gasteiger partial charge in [0.15, 0.2) is 0 Å².